The van der Waals surface area contributed by atoms with E-state index in [0.717, 1.165) is 0 Å². The summed E-state index contributed by atoms with van der Waals surface area (Å²) >= 11 is 3.03. The molecule has 1 aliphatic rings. The average molecular weight is 269 g/mol. The molecule has 0 aliphatic carbocycles. The lowest BCUT2D eigenvalue weighted by atomic mass is 10.2. The van der Waals surface area contributed by atoms with Crippen LogP contribution in [0.15, 0.2) is 16.6 Å². The molecule has 2 rings (SSSR count). The zero-order chi connectivity index (χ0) is 10.3. The standard InChI is InChI=1S/C8H4BrF3O2/c9-5-2-7-6(1-4(5)3-10)13-8(11,12)14-7/h1-2H,3H2. The summed E-state index contributed by atoms with van der Waals surface area (Å²) in [7, 11) is 0. The molecule has 0 N–H and O–H groups in total. The molecular weight excluding hydrogens is 265 g/mol. The van der Waals surface area contributed by atoms with Gasteiger partial charge in [-0.25, -0.2) is 4.39 Å². The van der Waals surface area contributed by atoms with E-state index in [1.807, 2.05) is 0 Å². The van der Waals surface area contributed by atoms with Crippen molar-refractivity contribution in [1.29, 1.82) is 0 Å². The summed E-state index contributed by atoms with van der Waals surface area (Å²) in [6, 6.07) is 2.44. The lowest BCUT2D eigenvalue weighted by molar-refractivity contribution is -0.286. The predicted octanol–water partition coefficient (Wildman–Crippen LogP) is 3.24. The van der Waals surface area contributed by atoms with Crippen molar-refractivity contribution in [2.24, 2.45) is 0 Å². The first-order valence-corrected chi connectivity index (χ1v) is 4.45. The Hall–Kier alpha value is -0.910. The minimum atomic E-state index is -3.66. The summed E-state index contributed by atoms with van der Waals surface area (Å²) in [6.07, 6.45) is -3.66. The van der Waals surface area contributed by atoms with Gasteiger partial charge in [-0.1, -0.05) is 15.9 Å². The molecule has 0 aromatic heterocycles. The fraction of sp³-hybridized carbons (Fsp3) is 0.250. The Kier molecular flexibility index (Phi) is 2.10. The molecular formula is C8H4BrF3O2. The summed E-state index contributed by atoms with van der Waals surface area (Å²) in [4.78, 5) is 0. The molecule has 0 bridgehead atoms. The van der Waals surface area contributed by atoms with Crippen molar-refractivity contribution < 1.29 is 22.6 Å². The van der Waals surface area contributed by atoms with Crippen molar-refractivity contribution in [3.05, 3.63) is 22.2 Å². The average Bonchev–Trinajstić information content (AvgIpc) is 2.36. The molecule has 0 saturated carbocycles. The van der Waals surface area contributed by atoms with Gasteiger partial charge in [0.2, 0.25) is 0 Å². The third-order valence-corrected chi connectivity index (χ3v) is 2.45. The maximum Gasteiger partial charge on any atom is 0.586 e. The normalized spacial score (nSPS) is 17.1. The number of hydrogen-bond donors (Lipinski definition) is 0. The highest BCUT2D eigenvalue weighted by Gasteiger charge is 2.43. The zero-order valence-corrected chi connectivity index (χ0v) is 8.28. The second-order valence-electron chi connectivity index (χ2n) is 2.69. The summed E-state index contributed by atoms with van der Waals surface area (Å²) in [5, 5.41) is 0. The number of alkyl halides is 3. The first kappa shape index (κ1) is 9.64. The van der Waals surface area contributed by atoms with Crippen LogP contribution in [0.2, 0.25) is 0 Å². The quantitative estimate of drug-likeness (QED) is 0.779. The Labute approximate surface area is 85.7 Å². The second kappa shape index (κ2) is 3.05. The molecule has 2 nitrogen and oxygen atoms in total. The number of hydrogen-bond acceptors (Lipinski definition) is 2. The molecule has 1 aromatic rings. The highest BCUT2D eigenvalue weighted by molar-refractivity contribution is 9.10. The SMILES string of the molecule is FCc1cc2c(cc1Br)OC(F)(F)O2. The van der Waals surface area contributed by atoms with Gasteiger partial charge in [0.05, 0.1) is 0 Å². The summed E-state index contributed by atoms with van der Waals surface area (Å²) < 4.78 is 46.1. The van der Waals surface area contributed by atoms with E-state index in [-0.39, 0.29) is 17.1 Å². The molecule has 0 fully saturated rings. The van der Waals surface area contributed by atoms with Crippen molar-refractivity contribution in [3.63, 3.8) is 0 Å². The van der Waals surface area contributed by atoms with Gasteiger partial charge in [-0.05, 0) is 12.1 Å². The molecule has 0 radical (unpaired) electrons. The van der Waals surface area contributed by atoms with Crippen molar-refractivity contribution in [2.75, 3.05) is 0 Å². The van der Waals surface area contributed by atoms with Crippen molar-refractivity contribution in [3.8, 4) is 11.5 Å². The Morgan fingerprint density at radius 2 is 1.79 bits per heavy atom. The first-order valence-electron chi connectivity index (χ1n) is 3.66. The lowest BCUT2D eigenvalue weighted by Crippen LogP contribution is -2.25. The van der Waals surface area contributed by atoms with E-state index < -0.39 is 13.0 Å². The minimum absolute atomic E-state index is 0.0981. The summed E-state index contributed by atoms with van der Waals surface area (Å²) in [6.45, 7) is -0.761. The van der Waals surface area contributed by atoms with Crippen LogP contribution in [-0.4, -0.2) is 6.29 Å². The van der Waals surface area contributed by atoms with Gasteiger partial charge in [0, 0.05) is 10.0 Å². The van der Waals surface area contributed by atoms with Gasteiger partial charge in [0.15, 0.2) is 11.5 Å². The largest absolute Gasteiger partial charge is 0.586 e. The van der Waals surface area contributed by atoms with Crippen molar-refractivity contribution in [2.45, 2.75) is 13.0 Å². The van der Waals surface area contributed by atoms with Gasteiger partial charge in [-0.3, -0.25) is 0 Å². The second-order valence-corrected chi connectivity index (χ2v) is 3.55. The highest BCUT2D eigenvalue weighted by atomic mass is 79.9. The Morgan fingerprint density at radius 1 is 1.21 bits per heavy atom. The number of benzene rings is 1. The topological polar surface area (TPSA) is 18.5 Å². The summed E-state index contributed by atoms with van der Waals surface area (Å²) in [5.74, 6) is -0.245. The number of ether oxygens (including phenoxy) is 2. The van der Waals surface area contributed by atoms with E-state index in [1.165, 1.54) is 12.1 Å². The molecule has 1 aromatic carbocycles. The minimum Gasteiger partial charge on any atom is -0.395 e. The molecule has 0 atom stereocenters. The van der Waals surface area contributed by atoms with Gasteiger partial charge in [0.25, 0.3) is 0 Å². The van der Waals surface area contributed by atoms with E-state index in [4.69, 9.17) is 0 Å². The molecule has 0 saturated heterocycles. The van der Waals surface area contributed by atoms with Crippen molar-refractivity contribution >= 4 is 15.9 Å². The van der Waals surface area contributed by atoms with Crippen LogP contribution in [0.1, 0.15) is 5.56 Å². The molecule has 14 heavy (non-hydrogen) atoms. The van der Waals surface area contributed by atoms with E-state index in [1.54, 1.807) is 0 Å². The third kappa shape index (κ3) is 1.54. The van der Waals surface area contributed by atoms with Gasteiger partial charge in [0.1, 0.15) is 6.67 Å². The van der Waals surface area contributed by atoms with E-state index in [0.29, 0.717) is 4.47 Å². The van der Waals surface area contributed by atoms with Gasteiger partial charge < -0.3 is 9.47 Å². The van der Waals surface area contributed by atoms with Gasteiger partial charge in [-0.15, -0.1) is 8.78 Å². The van der Waals surface area contributed by atoms with E-state index in [2.05, 4.69) is 25.4 Å². The Balaban J connectivity index is 2.44. The van der Waals surface area contributed by atoms with Gasteiger partial charge >= 0.3 is 6.29 Å². The van der Waals surface area contributed by atoms with Crippen molar-refractivity contribution in [1.82, 2.24) is 0 Å². The monoisotopic (exact) mass is 268 g/mol. The molecule has 0 unspecified atom stereocenters. The predicted molar refractivity (Wildman–Crippen MR) is 45.2 cm³/mol. The number of fused-ring (bicyclic) bond motifs is 1. The highest BCUT2D eigenvalue weighted by Crippen LogP contribution is 2.43. The van der Waals surface area contributed by atoms with Crippen LogP contribution in [-0.2, 0) is 6.67 Å². The zero-order valence-electron chi connectivity index (χ0n) is 6.69. The molecule has 0 spiro atoms. The number of rotatable bonds is 1. The van der Waals surface area contributed by atoms with E-state index >= 15 is 0 Å². The molecule has 76 valence electrons. The first-order chi connectivity index (χ1) is 6.52. The van der Waals surface area contributed by atoms with Gasteiger partial charge in [-0.2, -0.15) is 0 Å². The van der Waals surface area contributed by atoms with Crippen LogP contribution in [0.5, 0.6) is 11.5 Å². The fourth-order valence-corrected chi connectivity index (χ4v) is 1.54. The maximum absolute atomic E-state index is 12.6. The molecule has 6 heteroatoms. The summed E-state index contributed by atoms with van der Waals surface area (Å²) in [5.41, 5.74) is 0.241. The Morgan fingerprint density at radius 3 is 2.36 bits per heavy atom. The third-order valence-electron chi connectivity index (χ3n) is 1.71. The van der Waals surface area contributed by atoms with Crippen LogP contribution >= 0.6 is 15.9 Å². The van der Waals surface area contributed by atoms with Crippen LogP contribution in [0.25, 0.3) is 0 Å². The van der Waals surface area contributed by atoms with Crippen LogP contribution in [0.4, 0.5) is 13.2 Å². The Bertz CT molecular complexity index is 381. The molecule has 1 heterocycles. The lowest BCUT2D eigenvalue weighted by Gasteiger charge is -2.04. The van der Waals surface area contributed by atoms with Crippen LogP contribution in [0, 0.1) is 0 Å². The smallest absolute Gasteiger partial charge is 0.395 e. The fourth-order valence-electron chi connectivity index (χ4n) is 1.12. The van der Waals surface area contributed by atoms with E-state index in [9.17, 15) is 13.2 Å². The maximum atomic E-state index is 12.6. The molecule has 1 aliphatic heterocycles. The number of halogens is 4. The van der Waals surface area contributed by atoms with Crippen LogP contribution < -0.4 is 9.47 Å². The van der Waals surface area contributed by atoms with Crippen LogP contribution in [0.3, 0.4) is 0 Å². The molecule has 0 amide bonds.